The number of rotatable bonds is 5. The molecule has 0 aliphatic heterocycles. The summed E-state index contributed by atoms with van der Waals surface area (Å²) >= 11 is 0. The van der Waals surface area contributed by atoms with E-state index in [2.05, 4.69) is 96.9 Å². The fourth-order valence-electron chi connectivity index (χ4n) is 3.44. The van der Waals surface area contributed by atoms with Crippen LogP contribution >= 0.6 is 0 Å². The lowest BCUT2D eigenvalue weighted by Crippen LogP contribution is -2.15. The van der Waals surface area contributed by atoms with Crippen LogP contribution in [0.3, 0.4) is 0 Å². The van der Waals surface area contributed by atoms with Crippen LogP contribution in [0.5, 0.6) is 0 Å². The Kier molecular flexibility index (Phi) is 4.39. The van der Waals surface area contributed by atoms with Gasteiger partial charge in [0.2, 0.25) is 0 Å². The van der Waals surface area contributed by atoms with Gasteiger partial charge >= 0.3 is 0 Å². The van der Waals surface area contributed by atoms with Crippen molar-refractivity contribution in [3.8, 4) is 0 Å². The van der Waals surface area contributed by atoms with E-state index in [0.29, 0.717) is 0 Å². The van der Waals surface area contributed by atoms with E-state index in [1.165, 1.54) is 32.9 Å². The molecule has 0 saturated carbocycles. The van der Waals surface area contributed by atoms with Crippen LogP contribution in [0.15, 0.2) is 60.7 Å². The maximum Gasteiger partial charge on any atom is 0.0499 e. The molecule has 4 aromatic rings. The van der Waals surface area contributed by atoms with Crippen molar-refractivity contribution in [2.24, 2.45) is 0 Å². The Morgan fingerprint density at radius 3 is 2.42 bits per heavy atom. The first-order chi connectivity index (χ1) is 12.6. The summed E-state index contributed by atoms with van der Waals surface area (Å²) < 4.78 is 0. The molecule has 0 unspecified atom stereocenters. The maximum atomic E-state index is 3.62. The summed E-state index contributed by atoms with van der Waals surface area (Å²) in [4.78, 5) is 5.85. The van der Waals surface area contributed by atoms with Crippen molar-refractivity contribution in [2.45, 2.75) is 13.3 Å². The third-order valence-corrected chi connectivity index (χ3v) is 4.87. The van der Waals surface area contributed by atoms with E-state index in [-0.39, 0.29) is 0 Å². The predicted molar refractivity (Wildman–Crippen MR) is 113 cm³/mol. The number of aryl methyl sites for hydroxylation is 1. The minimum atomic E-state index is 1.01. The molecule has 1 heterocycles. The number of hydrogen-bond donors (Lipinski definition) is 2. The average molecular weight is 343 g/mol. The third kappa shape index (κ3) is 3.31. The molecule has 0 saturated heterocycles. The highest BCUT2D eigenvalue weighted by Gasteiger charge is 2.11. The van der Waals surface area contributed by atoms with E-state index in [9.17, 15) is 0 Å². The number of aromatic amines is 1. The van der Waals surface area contributed by atoms with Crippen LogP contribution in [0.4, 0.5) is 11.4 Å². The quantitative estimate of drug-likeness (QED) is 0.503. The van der Waals surface area contributed by atoms with Gasteiger partial charge in [0.25, 0.3) is 0 Å². The van der Waals surface area contributed by atoms with Gasteiger partial charge in [0, 0.05) is 39.7 Å². The molecule has 0 spiro atoms. The molecular formula is C23H25N3. The van der Waals surface area contributed by atoms with Crippen molar-refractivity contribution in [2.75, 3.05) is 26.0 Å². The normalized spacial score (nSPS) is 11.5. The Bertz CT molecular complexity index is 1040. The minimum Gasteiger partial charge on any atom is -0.355 e. The van der Waals surface area contributed by atoms with Gasteiger partial charge in [0.1, 0.15) is 0 Å². The van der Waals surface area contributed by atoms with E-state index in [4.69, 9.17) is 0 Å². The molecule has 0 atom stereocenters. The number of nitrogens with zero attached hydrogens (tertiary/aromatic N) is 1. The number of likely N-dealkylation sites (N-methyl/N-ethyl adjacent to an activating group) is 1. The van der Waals surface area contributed by atoms with E-state index in [1.54, 1.807) is 0 Å². The Hall–Kier alpha value is -2.78. The second-order valence-electron chi connectivity index (χ2n) is 7.27. The third-order valence-electron chi connectivity index (χ3n) is 4.87. The average Bonchev–Trinajstić information content (AvgIpc) is 3.00. The van der Waals surface area contributed by atoms with Crippen LogP contribution < -0.4 is 5.32 Å². The van der Waals surface area contributed by atoms with E-state index < -0.39 is 0 Å². The molecule has 0 amide bonds. The number of benzene rings is 3. The molecule has 3 heteroatoms. The zero-order valence-corrected chi connectivity index (χ0v) is 15.6. The molecule has 132 valence electrons. The molecule has 3 aromatic carbocycles. The molecule has 3 nitrogen and oxygen atoms in total. The molecule has 0 bridgehead atoms. The Morgan fingerprint density at radius 1 is 0.885 bits per heavy atom. The number of nitrogens with one attached hydrogen (secondary N) is 2. The van der Waals surface area contributed by atoms with Crippen LogP contribution in [-0.2, 0) is 6.42 Å². The van der Waals surface area contributed by atoms with Crippen molar-refractivity contribution in [1.82, 2.24) is 9.88 Å². The fourth-order valence-corrected chi connectivity index (χ4v) is 3.44. The highest BCUT2D eigenvalue weighted by atomic mass is 15.0. The van der Waals surface area contributed by atoms with E-state index in [0.717, 1.165) is 24.3 Å². The summed E-state index contributed by atoms with van der Waals surface area (Å²) in [5, 5.41) is 6.14. The predicted octanol–water partition coefficient (Wildman–Crippen LogP) is 5.48. The lowest BCUT2D eigenvalue weighted by molar-refractivity contribution is 0.414. The van der Waals surface area contributed by atoms with Crippen molar-refractivity contribution in [1.29, 1.82) is 0 Å². The number of aromatic nitrogens is 1. The first-order valence-electron chi connectivity index (χ1n) is 9.12. The first kappa shape index (κ1) is 16.7. The van der Waals surface area contributed by atoms with Gasteiger partial charge in [-0.2, -0.15) is 0 Å². The van der Waals surface area contributed by atoms with Gasteiger partial charge in [-0.3, -0.25) is 0 Å². The second kappa shape index (κ2) is 6.85. The van der Waals surface area contributed by atoms with Crippen molar-refractivity contribution >= 4 is 33.2 Å². The van der Waals surface area contributed by atoms with Gasteiger partial charge in [-0.1, -0.05) is 35.9 Å². The Balaban J connectivity index is 1.81. The van der Waals surface area contributed by atoms with Crippen molar-refractivity contribution in [3.63, 3.8) is 0 Å². The molecule has 4 rings (SSSR count). The smallest absolute Gasteiger partial charge is 0.0499 e. The number of fused-ring (bicyclic) bond motifs is 3. The van der Waals surface area contributed by atoms with Crippen molar-refractivity contribution in [3.05, 3.63) is 71.8 Å². The minimum absolute atomic E-state index is 1.01. The van der Waals surface area contributed by atoms with Gasteiger partial charge in [-0.15, -0.1) is 0 Å². The van der Waals surface area contributed by atoms with Gasteiger partial charge in [-0.25, -0.2) is 0 Å². The Labute approximate surface area is 154 Å². The summed E-state index contributed by atoms with van der Waals surface area (Å²) in [6, 6.07) is 21.6. The molecule has 26 heavy (non-hydrogen) atoms. The van der Waals surface area contributed by atoms with Crippen LogP contribution in [0, 0.1) is 6.92 Å². The molecular weight excluding hydrogens is 318 g/mol. The second-order valence-corrected chi connectivity index (χ2v) is 7.27. The summed E-state index contributed by atoms with van der Waals surface area (Å²) in [6.07, 6.45) is 1.01. The highest BCUT2D eigenvalue weighted by molar-refractivity contribution is 6.09. The monoisotopic (exact) mass is 343 g/mol. The first-order valence-corrected chi connectivity index (χ1v) is 9.12. The topological polar surface area (TPSA) is 31.1 Å². The molecule has 0 fully saturated rings. The van der Waals surface area contributed by atoms with Crippen LogP contribution in [0.1, 0.15) is 11.1 Å². The van der Waals surface area contributed by atoms with Crippen LogP contribution in [0.25, 0.3) is 21.8 Å². The zero-order chi connectivity index (χ0) is 18.1. The molecule has 1 aromatic heterocycles. The number of H-pyrrole nitrogens is 1. The summed E-state index contributed by atoms with van der Waals surface area (Å²) in [5.41, 5.74) is 7.33. The van der Waals surface area contributed by atoms with E-state index >= 15 is 0 Å². The molecule has 2 N–H and O–H groups in total. The number of para-hydroxylation sites is 1. The van der Waals surface area contributed by atoms with Gasteiger partial charge in [0.15, 0.2) is 0 Å². The molecule has 0 aliphatic rings. The number of hydrogen-bond acceptors (Lipinski definition) is 2. The summed E-state index contributed by atoms with van der Waals surface area (Å²) in [5.74, 6) is 0. The Morgan fingerprint density at radius 2 is 1.65 bits per heavy atom. The van der Waals surface area contributed by atoms with Crippen molar-refractivity contribution < 1.29 is 0 Å². The lowest BCUT2D eigenvalue weighted by Gasteiger charge is -2.13. The molecule has 0 aliphatic carbocycles. The van der Waals surface area contributed by atoms with Crippen LogP contribution in [0.2, 0.25) is 0 Å². The van der Waals surface area contributed by atoms with Gasteiger partial charge < -0.3 is 15.2 Å². The lowest BCUT2D eigenvalue weighted by atomic mass is 10.0. The van der Waals surface area contributed by atoms with Crippen LogP contribution in [-0.4, -0.2) is 30.5 Å². The largest absolute Gasteiger partial charge is 0.355 e. The SMILES string of the molecule is Cc1ccc(Nc2cc(CCN(C)C)c3[nH]c4ccccc4c3c2)cc1. The highest BCUT2D eigenvalue weighted by Crippen LogP contribution is 2.32. The standard InChI is InChI=1S/C23H25N3/c1-16-8-10-18(11-9-16)24-19-14-17(12-13-26(2)3)23-21(15-19)20-6-4-5-7-22(20)25-23/h4-11,14-15,24-25H,12-13H2,1-3H3. The van der Waals surface area contributed by atoms with E-state index in [1.807, 2.05) is 0 Å². The fraction of sp³-hybridized carbons (Fsp3) is 0.217. The summed E-state index contributed by atoms with van der Waals surface area (Å²) in [7, 11) is 4.24. The molecule has 0 radical (unpaired) electrons. The van der Waals surface area contributed by atoms with Gasteiger partial charge in [0.05, 0.1) is 0 Å². The zero-order valence-electron chi connectivity index (χ0n) is 15.6. The van der Waals surface area contributed by atoms with Gasteiger partial charge in [-0.05, 0) is 63.3 Å². The maximum absolute atomic E-state index is 3.62. The summed E-state index contributed by atoms with van der Waals surface area (Å²) in [6.45, 7) is 3.14. The number of anilines is 2.